The van der Waals surface area contributed by atoms with E-state index in [1.165, 1.54) is 5.56 Å². The molecule has 0 aliphatic rings. The van der Waals surface area contributed by atoms with Gasteiger partial charge in [-0.25, -0.2) is 0 Å². The smallest absolute Gasteiger partial charge is 0.261 e. The quantitative estimate of drug-likeness (QED) is 0.325. The van der Waals surface area contributed by atoms with E-state index in [9.17, 15) is 4.79 Å². The van der Waals surface area contributed by atoms with Crippen LogP contribution in [0.4, 0.5) is 0 Å². The summed E-state index contributed by atoms with van der Waals surface area (Å²) in [7, 11) is 0. The van der Waals surface area contributed by atoms with E-state index in [-0.39, 0.29) is 18.3 Å². The fraction of sp³-hybridized carbons (Fsp3) is 0.167. The van der Waals surface area contributed by atoms with Gasteiger partial charge in [0, 0.05) is 6.54 Å². The SMILES string of the molecule is Cc1ccc(CNC(=O)CO/N=C(\N)c2ccccc2OCc2ccccc2)cc1. The summed E-state index contributed by atoms with van der Waals surface area (Å²) in [5.41, 5.74) is 9.88. The van der Waals surface area contributed by atoms with Crippen molar-refractivity contribution in [2.24, 2.45) is 10.9 Å². The van der Waals surface area contributed by atoms with Gasteiger partial charge in [0.25, 0.3) is 5.91 Å². The third-order valence-electron chi connectivity index (χ3n) is 4.37. The molecule has 154 valence electrons. The van der Waals surface area contributed by atoms with Crippen molar-refractivity contribution < 1.29 is 14.4 Å². The predicted molar refractivity (Wildman–Crippen MR) is 117 cm³/mol. The normalized spacial score (nSPS) is 11.0. The van der Waals surface area contributed by atoms with Crippen LogP contribution in [0.5, 0.6) is 5.75 Å². The summed E-state index contributed by atoms with van der Waals surface area (Å²) in [5.74, 6) is 0.459. The fourth-order valence-electron chi connectivity index (χ4n) is 2.71. The lowest BCUT2D eigenvalue weighted by Gasteiger charge is -2.11. The number of para-hydroxylation sites is 1. The molecule has 0 aliphatic heterocycles. The molecule has 0 spiro atoms. The maximum Gasteiger partial charge on any atom is 0.261 e. The van der Waals surface area contributed by atoms with Crippen molar-refractivity contribution in [3.8, 4) is 5.75 Å². The third-order valence-corrected chi connectivity index (χ3v) is 4.37. The number of rotatable bonds is 9. The Hall–Kier alpha value is -3.80. The molecule has 0 aromatic heterocycles. The standard InChI is InChI=1S/C24H25N3O3/c1-18-11-13-19(14-12-18)15-26-23(28)17-30-27-24(25)21-9-5-6-10-22(21)29-16-20-7-3-2-4-8-20/h2-14H,15-17H2,1H3,(H2,25,27)(H,26,28). The molecule has 0 radical (unpaired) electrons. The number of hydrogen-bond acceptors (Lipinski definition) is 4. The number of nitrogens with zero attached hydrogens (tertiary/aromatic N) is 1. The lowest BCUT2D eigenvalue weighted by atomic mass is 10.1. The van der Waals surface area contributed by atoms with E-state index < -0.39 is 0 Å². The van der Waals surface area contributed by atoms with Crippen LogP contribution in [0.15, 0.2) is 84.0 Å². The Labute approximate surface area is 176 Å². The van der Waals surface area contributed by atoms with Crippen LogP contribution in [-0.4, -0.2) is 18.3 Å². The average Bonchev–Trinajstić information content (AvgIpc) is 2.78. The van der Waals surface area contributed by atoms with Gasteiger partial charge in [0.2, 0.25) is 0 Å². The van der Waals surface area contributed by atoms with Crippen LogP contribution in [0.3, 0.4) is 0 Å². The van der Waals surface area contributed by atoms with Crippen LogP contribution in [0.2, 0.25) is 0 Å². The number of benzene rings is 3. The minimum atomic E-state index is -0.277. The Balaban J connectivity index is 1.51. The maximum absolute atomic E-state index is 12.0. The van der Waals surface area contributed by atoms with Crippen LogP contribution < -0.4 is 15.8 Å². The van der Waals surface area contributed by atoms with Gasteiger partial charge in [-0.1, -0.05) is 77.4 Å². The number of nitrogens with one attached hydrogen (secondary N) is 1. The van der Waals surface area contributed by atoms with Crippen molar-refractivity contribution in [1.82, 2.24) is 5.32 Å². The fourth-order valence-corrected chi connectivity index (χ4v) is 2.71. The van der Waals surface area contributed by atoms with Crippen molar-refractivity contribution in [1.29, 1.82) is 0 Å². The van der Waals surface area contributed by atoms with E-state index in [1.54, 1.807) is 6.07 Å². The third kappa shape index (κ3) is 6.38. The molecule has 0 saturated carbocycles. The molecule has 0 bridgehead atoms. The molecule has 3 N–H and O–H groups in total. The number of aryl methyl sites for hydroxylation is 1. The van der Waals surface area contributed by atoms with Crippen molar-refractivity contribution >= 4 is 11.7 Å². The molecular formula is C24H25N3O3. The van der Waals surface area contributed by atoms with Crippen LogP contribution in [0, 0.1) is 6.92 Å². The Bertz CT molecular complexity index is 986. The highest BCUT2D eigenvalue weighted by Gasteiger charge is 2.09. The van der Waals surface area contributed by atoms with Gasteiger partial charge in [-0.05, 0) is 30.2 Å². The molecule has 0 heterocycles. The molecule has 1 amide bonds. The van der Waals surface area contributed by atoms with Crippen LogP contribution in [-0.2, 0) is 22.8 Å². The number of ether oxygens (including phenoxy) is 1. The van der Waals surface area contributed by atoms with Gasteiger partial charge in [-0.3, -0.25) is 4.79 Å². The number of hydrogen-bond donors (Lipinski definition) is 2. The lowest BCUT2D eigenvalue weighted by Crippen LogP contribution is -2.27. The number of carbonyl (C=O) groups is 1. The minimum Gasteiger partial charge on any atom is -0.488 e. The molecule has 0 unspecified atom stereocenters. The van der Waals surface area contributed by atoms with Crippen molar-refractivity contribution in [3.05, 3.63) is 101 Å². The highest BCUT2D eigenvalue weighted by molar-refractivity contribution is 5.99. The van der Waals surface area contributed by atoms with Gasteiger partial charge in [-0.15, -0.1) is 0 Å². The second-order valence-electron chi connectivity index (χ2n) is 6.78. The zero-order chi connectivity index (χ0) is 21.2. The summed E-state index contributed by atoms with van der Waals surface area (Å²) in [6.07, 6.45) is 0. The average molecular weight is 403 g/mol. The molecule has 0 atom stereocenters. The molecule has 6 heteroatoms. The first-order chi connectivity index (χ1) is 14.6. The largest absolute Gasteiger partial charge is 0.488 e. The number of nitrogens with two attached hydrogens (primary N) is 1. The molecule has 3 rings (SSSR count). The highest BCUT2D eigenvalue weighted by atomic mass is 16.6. The Morgan fingerprint density at radius 2 is 1.63 bits per heavy atom. The summed E-state index contributed by atoms with van der Waals surface area (Å²) < 4.78 is 5.87. The topological polar surface area (TPSA) is 85.9 Å². The first kappa shape index (κ1) is 20.9. The van der Waals surface area contributed by atoms with Crippen LogP contribution in [0.1, 0.15) is 22.3 Å². The van der Waals surface area contributed by atoms with E-state index in [2.05, 4.69) is 10.5 Å². The Morgan fingerprint density at radius 3 is 2.40 bits per heavy atom. The molecule has 6 nitrogen and oxygen atoms in total. The minimum absolute atomic E-state index is 0.144. The number of amidine groups is 1. The van der Waals surface area contributed by atoms with Gasteiger partial charge < -0.3 is 20.6 Å². The summed E-state index contributed by atoms with van der Waals surface area (Å²) in [6, 6.07) is 25.1. The number of oxime groups is 1. The van der Waals surface area contributed by atoms with Gasteiger partial charge in [0.1, 0.15) is 12.4 Å². The van der Waals surface area contributed by atoms with Crippen molar-refractivity contribution in [3.63, 3.8) is 0 Å². The second kappa shape index (κ2) is 10.7. The molecule has 0 aliphatic carbocycles. The van der Waals surface area contributed by atoms with Crippen LogP contribution >= 0.6 is 0 Å². The van der Waals surface area contributed by atoms with E-state index in [4.69, 9.17) is 15.3 Å². The predicted octanol–water partition coefficient (Wildman–Crippen LogP) is 3.53. The monoisotopic (exact) mass is 403 g/mol. The molecule has 3 aromatic rings. The van der Waals surface area contributed by atoms with Gasteiger partial charge in [0.05, 0.1) is 5.56 Å². The first-order valence-electron chi connectivity index (χ1n) is 9.65. The van der Waals surface area contributed by atoms with Crippen molar-refractivity contribution in [2.75, 3.05) is 6.61 Å². The number of carbonyl (C=O) groups excluding carboxylic acids is 1. The maximum atomic E-state index is 12.0. The molecule has 30 heavy (non-hydrogen) atoms. The Kier molecular flexibility index (Phi) is 7.44. The molecule has 0 saturated heterocycles. The van der Waals surface area contributed by atoms with Gasteiger partial charge in [0.15, 0.2) is 12.4 Å². The summed E-state index contributed by atoms with van der Waals surface area (Å²) in [5, 5.41) is 6.65. The lowest BCUT2D eigenvalue weighted by molar-refractivity contribution is -0.125. The van der Waals surface area contributed by atoms with Crippen molar-refractivity contribution in [2.45, 2.75) is 20.1 Å². The zero-order valence-electron chi connectivity index (χ0n) is 16.9. The summed E-state index contributed by atoms with van der Waals surface area (Å²) in [4.78, 5) is 17.1. The first-order valence-corrected chi connectivity index (χ1v) is 9.65. The Morgan fingerprint density at radius 1 is 0.933 bits per heavy atom. The summed E-state index contributed by atoms with van der Waals surface area (Å²) >= 11 is 0. The van der Waals surface area contributed by atoms with Crippen LogP contribution in [0.25, 0.3) is 0 Å². The second-order valence-corrected chi connectivity index (χ2v) is 6.78. The van der Waals surface area contributed by atoms with Gasteiger partial charge >= 0.3 is 0 Å². The molecule has 0 fully saturated rings. The number of amides is 1. The highest BCUT2D eigenvalue weighted by Crippen LogP contribution is 2.19. The van der Waals surface area contributed by atoms with E-state index >= 15 is 0 Å². The van der Waals surface area contributed by atoms with E-state index in [0.29, 0.717) is 24.5 Å². The molecule has 3 aromatic carbocycles. The molecular weight excluding hydrogens is 378 g/mol. The summed E-state index contributed by atoms with van der Waals surface area (Å²) in [6.45, 7) is 2.63. The van der Waals surface area contributed by atoms with E-state index in [0.717, 1.165) is 11.1 Å². The zero-order valence-corrected chi connectivity index (χ0v) is 16.9. The van der Waals surface area contributed by atoms with E-state index in [1.807, 2.05) is 79.7 Å². The van der Waals surface area contributed by atoms with Gasteiger partial charge in [-0.2, -0.15) is 0 Å².